The van der Waals surface area contributed by atoms with E-state index < -0.39 is 0 Å². The normalized spacial score (nSPS) is 10.2. The van der Waals surface area contributed by atoms with E-state index in [4.69, 9.17) is 10.5 Å². The van der Waals surface area contributed by atoms with Crippen molar-refractivity contribution in [3.8, 4) is 5.75 Å². The Kier molecular flexibility index (Phi) is 5.91. The Morgan fingerprint density at radius 2 is 1.82 bits per heavy atom. The third-order valence-electron chi connectivity index (χ3n) is 4.13. The van der Waals surface area contributed by atoms with Gasteiger partial charge in [0.2, 0.25) is 0 Å². The van der Waals surface area contributed by atoms with E-state index in [1.54, 1.807) is 24.3 Å². The summed E-state index contributed by atoms with van der Waals surface area (Å²) in [5, 5.41) is 0. The number of carbonyl (C=O) groups is 1. The second kappa shape index (κ2) is 8.72. The quantitative estimate of drug-likeness (QED) is 0.542. The summed E-state index contributed by atoms with van der Waals surface area (Å²) < 4.78 is 5.20. The number of benzene rings is 2. The maximum Gasteiger partial charge on any atom is 0.273 e. The molecule has 3 aromatic rings. The highest BCUT2D eigenvalue weighted by molar-refractivity contribution is 5.97. The summed E-state index contributed by atoms with van der Waals surface area (Å²) >= 11 is 0. The number of carbonyl (C=O) groups excluding carboxylic acids is 1. The highest BCUT2D eigenvalue weighted by Crippen LogP contribution is 2.26. The maximum absolute atomic E-state index is 12.4. The Hall–Kier alpha value is -3.81. The zero-order chi connectivity index (χ0) is 19.9. The zero-order valence-electron chi connectivity index (χ0n) is 15.7. The van der Waals surface area contributed by atoms with Crippen molar-refractivity contribution in [2.45, 2.75) is 6.54 Å². The molecule has 4 N–H and O–H groups in total. The maximum atomic E-state index is 12.4. The summed E-state index contributed by atoms with van der Waals surface area (Å²) in [6.45, 7) is 0.634. The number of amides is 1. The summed E-state index contributed by atoms with van der Waals surface area (Å²) in [5.74, 6) is 0.983. The number of methoxy groups -OCH3 is 1. The van der Waals surface area contributed by atoms with E-state index in [0.717, 1.165) is 5.56 Å². The van der Waals surface area contributed by atoms with E-state index in [1.165, 1.54) is 13.4 Å². The van der Waals surface area contributed by atoms with Crippen LogP contribution in [-0.2, 0) is 6.54 Å². The predicted octanol–water partition coefficient (Wildman–Crippen LogP) is 2.46. The van der Waals surface area contributed by atoms with Gasteiger partial charge < -0.3 is 15.4 Å². The number of nitrogens with zero attached hydrogens (tertiary/aromatic N) is 3. The van der Waals surface area contributed by atoms with Crippen molar-refractivity contribution in [1.29, 1.82) is 0 Å². The first-order valence-corrected chi connectivity index (χ1v) is 8.65. The fraction of sp³-hybridized carbons (Fsp3) is 0.150. The van der Waals surface area contributed by atoms with Gasteiger partial charge in [0, 0.05) is 13.6 Å². The van der Waals surface area contributed by atoms with E-state index in [2.05, 4.69) is 20.8 Å². The van der Waals surface area contributed by atoms with Crippen LogP contribution < -0.4 is 26.2 Å². The lowest BCUT2D eigenvalue weighted by molar-refractivity contribution is 0.0959. The van der Waals surface area contributed by atoms with Crippen molar-refractivity contribution in [2.75, 3.05) is 30.2 Å². The number of hydrogen-bond acceptors (Lipinski definition) is 7. The number of nitrogens with two attached hydrogens (primary N) is 1. The molecule has 0 aliphatic carbocycles. The van der Waals surface area contributed by atoms with Gasteiger partial charge in [0.15, 0.2) is 11.6 Å². The number of ether oxygens (including phenoxy) is 1. The van der Waals surface area contributed by atoms with Crippen molar-refractivity contribution < 1.29 is 9.53 Å². The Morgan fingerprint density at radius 3 is 2.57 bits per heavy atom. The van der Waals surface area contributed by atoms with Crippen LogP contribution >= 0.6 is 0 Å². The van der Waals surface area contributed by atoms with Gasteiger partial charge in [0.05, 0.1) is 12.7 Å². The first kappa shape index (κ1) is 19.0. The molecule has 1 amide bonds. The minimum Gasteiger partial charge on any atom is -0.496 e. The van der Waals surface area contributed by atoms with Crippen molar-refractivity contribution in [3.05, 3.63) is 72.1 Å². The van der Waals surface area contributed by atoms with Gasteiger partial charge in [-0.05, 0) is 17.7 Å². The molecule has 8 heteroatoms. The smallest absolute Gasteiger partial charge is 0.273 e. The van der Waals surface area contributed by atoms with Crippen molar-refractivity contribution in [2.24, 2.45) is 0 Å². The summed E-state index contributed by atoms with van der Waals surface area (Å²) in [5.41, 5.74) is 13.4. The Bertz CT molecular complexity index is 948. The molecule has 0 aliphatic rings. The fourth-order valence-electron chi connectivity index (χ4n) is 2.74. The Labute approximate surface area is 163 Å². The van der Waals surface area contributed by atoms with Crippen LogP contribution in [0.5, 0.6) is 5.75 Å². The van der Waals surface area contributed by atoms with Gasteiger partial charge in [-0.25, -0.2) is 9.97 Å². The second-order valence-electron chi connectivity index (χ2n) is 6.08. The van der Waals surface area contributed by atoms with Gasteiger partial charge in [-0.2, -0.15) is 0 Å². The number of nitrogen functional groups attached to an aromatic ring is 1. The zero-order valence-corrected chi connectivity index (χ0v) is 15.7. The molecule has 0 saturated carbocycles. The van der Waals surface area contributed by atoms with Gasteiger partial charge in [-0.15, -0.1) is 0 Å². The third kappa shape index (κ3) is 4.29. The number of para-hydroxylation sites is 1. The third-order valence-corrected chi connectivity index (χ3v) is 4.13. The molecule has 1 heterocycles. The summed E-state index contributed by atoms with van der Waals surface area (Å²) in [6, 6.07) is 16.9. The van der Waals surface area contributed by atoms with E-state index in [-0.39, 0.29) is 5.91 Å². The van der Waals surface area contributed by atoms with Gasteiger partial charge >= 0.3 is 0 Å². The van der Waals surface area contributed by atoms with Crippen LogP contribution in [0.25, 0.3) is 0 Å². The van der Waals surface area contributed by atoms with Gasteiger partial charge in [-0.3, -0.25) is 15.6 Å². The number of aromatic nitrogens is 2. The standard InChI is InChI=1S/C20H22N6O2/c1-26(12-14-8-4-3-5-9-14)19-17(21)18(22-13-23-19)24-25-20(27)15-10-6-7-11-16(15)28-2/h3-11,13H,12,21H2,1-2H3,(H,25,27)(H,22,23,24). The molecule has 1 aromatic heterocycles. The monoisotopic (exact) mass is 378 g/mol. The molecule has 0 saturated heterocycles. The molecule has 0 spiro atoms. The van der Waals surface area contributed by atoms with Crippen molar-refractivity contribution >= 4 is 23.2 Å². The molecule has 2 aromatic carbocycles. The van der Waals surface area contributed by atoms with E-state index in [9.17, 15) is 4.79 Å². The number of rotatable bonds is 7. The molecule has 0 fully saturated rings. The lowest BCUT2D eigenvalue weighted by atomic mass is 10.2. The molecule has 0 bridgehead atoms. The molecule has 0 unspecified atom stereocenters. The highest BCUT2D eigenvalue weighted by Gasteiger charge is 2.15. The topological polar surface area (TPSA) is 105 Å². The van der Waals surface area contributed by atoms with Crippen LogP contribution in [0.2, 0.25) is 0 Å². The molecule has 28 heavy (non-hydrogen) atoms. The predicted molar refractivity (Wildman–Crippen MR) is 109 cm³/mol. The minimum absolute atomic E-state index is 0.313. The first-order valence-electron chi connectivity index (χ1n) is 8.65. The van der Waals surface area contributed by atoms with Crippen LogP contribution in [0.1, 0.15) is 15.9 Å². The van der Waals surface area contributed by atoms with E-state index in [0.29, 0.717) is 35.2 Å². The van der Waals surface area contributed by atoms with Crippen molar-refractivity contribution in [1.82, 2.24) is 15.4 Å². The van der Waals surface area contributed by atoms with Crippen LogP contribution in [0, 0.1) is 0 Å². The van der Waals surface area contributed by atoms with Crippen LogP contribution in [-0.4, -0.2) is 30.0 Å². The lowest BCUT2D eigenvalue weighted by Crippen LogP contribution is -2.31. The largest absolute Gasteiger partial charge is 0.496 e. The van der Waals surface area contributed by atoms with Gasteiger partial charge in [-0.1, -0.05) is 42.5 Å². The van der Waals surface area contributed by atoms with Crippen LogP contribution in [0.4, 0.5) is 17.3 Å². The van der Waals surface area contributed by atoms with E-state index in [1.807, 2.05) is 42.3 Å². The molecule has 0 aliphatic heterocycles. The molecule has 144 valence electrons. The average molecular weight is 378 g/mol. The SMILES string of the molecule is COc1ccccc1C(=O)NNc1ncnc(N(C)Cc2ccccc2)c1N. The summed E-state index contributed by atoms with van der Waals surface area (Å²) in [4.78, 5) is 22.7. The number of hydrogen-bond donors (Lipinski definition) is 3. The Morgan fingerprint density at radius 1 is 1.11 bits per heavy atom. The molecule has 8 nitrogen and oxygen atoms in total. The molecular formula is C20H22N6O2. The highest BCUT2D eigenvalue weighted by atomic mass is 16.5. The lowest BCUT2D eigenvalue weighted by Gasteiger charge is -2.21. The number of nitrogens with one attached hydrogen (secondary N) is 2. The van der Waals surface area contributed by atoms with Crippen molar-refractivity contribution in [3.63, 3.8) is 0 Å². The fourth-order valence-corrected chi connectivity index (χ4v) is 2.74. The second-order valence-corrected chi connectivity index (χ2v) is 6.08. The molecule has 3 rings (SSSR count). The molecular weight excluding hydrogens is 356 g/mol. The van der Waals surface area contributed by atoms with Gasteiger partial charge in [0.1, 0.15) is 17.8 Å². The Balaban J connectivity index is 1.71. The molecule has 0 atom stereocenters. The van der Waals surface area contributed by atoms with E-state index >= 15 is 0 Å². The number of anilines is 3. The minimum atomic E-state index is -0.366. The molecule has 0 radical (unpaired) electrons. The average Bonchev–Trinajstić information content (AvgIpc) is 2.73. The first-order chi connectivity index (χ1) is 13.6. The van der Waals surface area contributed by atoms with Gasteiger partial charge in [0.25, 0.3) is 5.91 Å². The number of hydrazine groups is 1. The van der Waals surface area contributed by atoms with Crippen LogP contribution in [0.15, 0.2) is 60.9 Å². The van der Waals surface area contributed by atoms with Crippen LogP contribution in [0.3, 0.4) is 0 Å². The summed E-state index contributed by atoms with van der Waals surface area (Å²) in [6.07, 6.45) is 1.39. The summed E-state index contributed by atoms with van der Waals surface area (Å²) in [7, 11) is 3.40.